The summed E-state index contributed by atoms with van der Waals surface area (Å²) in [5, 5.41) is 1.37. The Bertz CT molecular complexity index is 1150. The highest BCUT2D eigenvalue weighted by molar-refractivity contribution is 6.34. The van der Waals surface area contributed by atoms with Crippen molar-refractivity contribution in [2.75, 3.05) is 13.2 Å². The maximum atomic E-state index is 13.1. The maximum absolute atomic E-state index is 13.1. The molecule has 0 aliphatic carbocycles. The van der Waals surface area contributed by atoms with E-state index in [-0.39, 0.29) is 28.8 Å². The molecule has 29 heavy (non-hydrogen) atoms. The molecule has 1 N–H and O–H groups in total. The van der Waals surface area contributed by atoms with Gasteiger partial charge in [0.15, 0.2) is 0 Å². The summed E-state index contributed by atoms with van der Waals surface area (Å²) in [5.41, 5.74) is 3.01. The average molecular weight is 430 g/mol. The lowest BCUT2D eigenvalue weighted by atomic mass is 10.0. The first-order valence-electron chi connectivity index (χ1n) is 9.10. The van der Waals surface area contributed by atoms with Crippen LogP contribution in [0.1, 0.15) is 28.5 Å². The number of carbonyl (C=O) groups is 2. The van der Waals surface area contributed by atoms with Crippen LogP contribution in [0.3, 0.4) is 0 Å². The van der Waals surface area contributed by atoms with Crippen LogP contribution in [0.4, 0.5) is 0 Å². The van der Waals surface area contributed by atoms with E-state index in [2.05, 4.69) is 9.97 Å². The number of hydrogen-bond donors (Lipinski definition) is 1. The number of nitrogens with one attached hydrogen (secondary N) is 1. The summed E-state index contributed by atoms with van der Waals surface area (Å²) in [4.78, 5) is 34.5. The summed E-state index contributed by atoms with van der Waals surface area (Å²) in [6, 6.07) is 9.28. The van der Waals surface area contributed by atoms with Crippen molar-refractivity contribution in [2.45, 2.75) is 13.3 Å². The monoisotopic (exact) mass is 429 g/mol. The average Bonchev–Trinajstić information content (AvgIpc) is 2.97. The van der Waals surface area contributed by atoms with Gasteiger partial charge in [-0.1, -0.05) is 41.4 Å². The van der Waals surface area contributed by atoms with Crippen LogP contribution in [0.25, 0.3) is 16.5 Å². The van der Waals surface area contributed by atoms with E-state index < -0.39 is 5.97 Å². The van der Waals surface area contributed by atoms with Gasteiger partial charge in [-0.3, -0.25) is 4.79 Å². The third-order valence-electron chi connectivity index (χ3n) is 4.76. The fourth-order valence-corrected chi connectivity index (χ4v) is 3.80. The number of pyridine rings is 1. The van der Waals surface area contributed by atoms with E-state index in [4.69, 9.17) is 27.9 Å². The summed E-state index contributed by atoms with van der Waals surface area (Å²) in [7, 11) is 0. The molecule has 1 aliphatic rings. The first kappa shape index (κ1) is 19.5. The van der Waals surface area contributed by atoms with Crippen LogP contribution in [0.5, 0.6) is 0 Å². The van der Waals surface area contributed by atoms with E-state index in [0.717, 1.165) is 16.5 Å². The molecule has 0 saturated carbocycles. The van der Waals surface area contributed by atoms with Gasteiger partial charge in [-0.2, -0.15) is 0 Å². The third kappa shape index (κ3) is 3.61. The number of rotatable bonds is 3. The van der Waals surface area contributed by atoms with E-state index >= 15 is 0 Å². The zero-order valence-corrected chi connectivity index (χ0v) is 17.0. The molecule has 1 aliphatic heterocycles. The first-order valence-corrected chi connectivity index (χ1v) is 9.86. The third-order valence-corrected chi connectivity index (χ3v) is 5.27. The molecular formula is C21H17Cl2N3O3. The van der Waals surface area contributed by atoms with Gasteiger partial charge in [-0.05, 0) is 31.0 Å². The lowest BCUT2D eigenvalue weighted by Gasteiger charge is -2.18. The number of nitrogens with zero attached hydrogens (tertiary/aromatic N) is 2. The molecule has 0 radical (unpaired) electrons. The molecule has 0 spiro atoms. The quantitative estimate of drug-likeness (QED) is 0.492. The predicted octanol–water partition coefficient (Wildman–Crippen LogP) is 4.47. The van der Waals surface area contributed by atoms with Gasteiger partial charge in [-0.25, -0.2) is 9.78 Å². The number of fused-ring (bicyclic) bond motifs is 3. The molecule has 148 valence electrons. The molecule has 1 aromatic carbocycles. The first-order chi connectivity index (χ1) is 14.0. The van der Waals surface area contributed by atoms with Crippen molar-refractivity contribution in [3.63, 3.8) is 0 Å². The number of aromatic nitrogens is 2. The van der Waals surface area contributed by atoms with Crippen LogP contribution in [-0.2, 0) is 16.0 Å². The van der Waals surface area contributed by atoms with Gasteiger partial charge in [0.1, 0.15) is 5.15 Å². The normalized spacial score (nSPS) is 13.6. The number of H-pyrrole nitrogens is 1. The van der Waals surface area contributed by atoms with E-state index in [1.54, 1.807) is 6.92 Å². The Balaban J connectivity index is 1.81. The number of ether oxygens (including phenoxy) is 1. The van der Waals surface area contributed by atoms with Crippen molar-refractivity contribution in [1.29, 1.82) is 0 Å². The molecule has 3 aromatic rings. The topological polar surface area (TPSA) is 75.3 Å². The van der Waals surface area contributed by atoms with Crippen molar-refractivity contribution in [1.82, 2.24) is 14.9 Å². The van der Waals surface area contributed by atoms with Gasteiger partial charge in [0.05, 0.1) is 28.5 Å². The second-order valence-electron chi connectivity index (χ2n) is 6.53. The minimum Gasteiger partial charge on any atom is -0.462 e. The molecule has 0 saturated heterocycles. The summed E-state index contributed by atoms with van der Waals surface area (Å²) in [6.07, 6.45) is 3.44. The van der Waals surface area contributed by atoms with Crippen molar-refractivity contribution in [3.8, 4) is 0 Å². The predicted molar refractivity (Wildman–Crippen MR) is 112 cm³/mol. The zero-order valence-electron chi connectivity index (χ0n) is 15.5. The van der Waals surface area contributed by atoms with Gasteiger partial charge in [0, 0.05) is 29.8 Å². The van der Waals surface area contributed by atoms with Gasteiger partial charge in [0.2, 0.25) is 0 Å². The zero-order chi connectivity index (χ0) is 20.5. The standard InChI is InChI=1S/C21H17Cl2N3O3/c1-2-29-21(28)16-11-26(20(27)15-9-12(22)10-24-19(15)23)8-7-14-13-5-3-4-6-17(13)25-18(14)16/h3-6,9-11,25H,2,7-8H2,1H3. The molecule has 8 heteroatoms. The number of halogens is 2. The van der Waals surface area contributed by atoms with E-state index in [1.165, 1.54) is 23.4 Å². The van der Waals surface area contributed by atoms with Crippen LogP contribution in [0, 0.1) is 0 Å². The number of amides is 1. The molecule has 0 bridgehead atoms. The second-order valence-corrected chi connectivity index (χ2v) is 7.32. The summed E-state index contributed by atoms with van der Waals surface area (Å²) in [6.45, 7) is 2.32. The van der Waals surface area contributed by atoms with Crippen molar-refractivity contribution < 1.29 is 14.3 Å². The molecule has 4 rings (SSSR count). The molecule has 1 amide bonds. The largest absolute Gasteiger partial charge is 0.462 e. The van der Waals surface area contributed by atoms with Crippen LogP contribution in [-0.4, -0.2) is 39.9 Å². The fraction of sp³-hybridized carbons (Fsp3) is 0.190. The SMILES string of the molecule is CCOC(=O)C1=CN(C(=O)c2cc(Cl)cnc2Cl)CCc2c1[nH]c1ccccc21. The lowest BCUT2D eigenvalue weighted by molar-refractivity contribution is -0.136. The Morgan fingerprint density at radius 1 is 1.28 bits per heavy atom. The second kappa shape index (κ2) is 7.89. The Morgan fingerprint density at radius 2 is 2.07 bits per heavy atom. The highest BCUT2D eigenvalue weighted by atomic mass is 35.5. The Labute approximate surface area is 177 Å². The van der Waals surface area contributed by atoms with Crippen LogP contribution >= 0.6 is 23.2 Å². The molecule has 3 heterocycles. The van der Waals surface area contributed by atoms with E-state index in [0.29, 0.717) is 23.7 Å². The van der Waals surface area contributed by atoms with Gasteiger partial charge in [-0.15, -0.1) is 0 Å². The van der Waals surface area contributed by atoms with Crippen LogP contribution in [0.15, 0.2) is 42.7 Å². The fourth-order valence-electron chi connectivity index (χ4n) is 3.46. The lowest BCUT2D eigenvalue weighted by Crippen LogP contribution is -2.28. The summed E-state index contributed by atoms with van der Waals surface area (Å²) < 4.78 is 5.24. The molecule has 0 atom stereocenters. The van der Waals surface area contributed by atoms with E-state index in [9.17, 15) is 9.59 Å². The number of hydrogen-bond acceptors (Lipinski definition) is 4. The Hall–Kier alpha value is -2.83. The molecule has 0 unspecified atom stereocenters. The van der Waals surface area contributed by atoms with Crippen molar-refractivity contribution in [3.05, 3.63) is 69.7 Å². The highest BCUT2D eigenvalue weighted by Gasteiger charge is 2.28. The molecular weight excluding hydrogens is 413 g/mol. The van der Waals surface area contributed by atoms with Crippen LogP contribution in [0.2, 0.25) is 10.2 Å². The van der Waals surface area contributed by atoms with Gasteiger partial charge < -0.3 is 14.6 Å². The summed E-state index contributed by atoms with van der Waals surface area (Å²) in [5.74, 6) is -0.892. The van der Waals surface area contributed by atoms with Gasteiger partial charge in [0.25, 0.3) is 5.91 Å². The molecule has 6 nitrogen and oxygen atoms in total. The minimum atomic E-state index is -0.504. The Kier molecular flexibility index (Phi) is 5.30. The number of esters is 1. The van der Waals surface area contributed by atoms with E-state index in [1.807, 2.05) is 24.3 Å². The van der Waals surface area contributed by atoms with Crippen molar-refractivity contribution >= 4 is 51.6 Å². The van der Waals surface area contributed by atoms with Gasteiger partial charge >= 0.3 is 5.97 Å². The highest BCUT2D eigenvalue weighted by Crippen LogP contribution is 2.32. The number of benzene rings is 1. The Morgan fingerprint density at radius 3 is 2.86 bits per heavy atom. The molecule has 0 fully saturated rings. The number of para-hydroxylation sites is 1. The van der Waals surface area contributed by atoms with Crippen LogP contribution < -0.4 is 0 Å². The number of aromatic amines is 1. The molecule has 2 aromatic heterocycles. The summed E-state index contributed by atoms with van der Waals surface area (Å²) >= 11 is 12.1. The maximum Gasteiger partial charge on any atom is 0.341 e. The minimum absolute atomic E-state index is 0.0544. The smallest absolute Gasteiger partial charge is 0.341 e. The number of carbonyl (C=O) groups excluding carboxylic acids is 2. The van der Waals surface area contributed by atoms with Crippen molar-refractivity contribution in [2.24, 2.45) is 0 Å².